The largest absolute Gasteiger partial charge is 0.226 e. The lowest BCUT2D eigenvalue weighted by molar-refractivity contribution is 0.813. The van der Waals surface area contributed by atoms with Crippen LogP contribution in [0.1, 0.15) is 12.6 Å². The molecule has 0 saturated carbocycles. The highest BCUT2D eigenvalue weighted by Crippen LogP contribution is 2.13. The SMILES string of the molecule is CCc1nncnc1SC. The molecular formula is C6H9N3S. The van der Waals surface area contributed by atoms with Crippen LogP contribution in [0.4, 0.5) is 0 Å². The Morgan fingerprint density at radius 3 is 2.90 bits per heavy atom. The van der Waals surface area contributed by atoms with Gasteiger partial charge in [0.15, 0.2) is 0 Å². The highest BCUT2D eigenvalue weighted by atomic mass is 32.2. The van der Waals surface area contributed by atoms with E-state index in [9.17, 15) is 0 Å². The molecule has 1 aromatic rings. The van der Waals surface area contributed by atoms with Crippen molar-refractivity contribution in [3.05, 3.63) is 12.0 Å². The summed E-state index contributed by atoms with van der Waals surface area (Å²) >= 11 is 1.61. The van der Waals surface area contributed by atoms with Crippen LogP contribution in [-0.2, 0) is 6.42 Å². The van der Waals surface area contributed by atoms with Crippen LogP contribution in [0.15, 0.2) is 11.4 Å². The Morgan fingerprint density at radius 2 is 2.40 bits per heavy atom. The normalized spacial score (nSPS) is 9.80. The second-order valence-corrected chi connectivity index (χ2v) is 2.56. The number of aryl methyl sites for hydroxylation is 1. The Bertz CT molecular complexity index is 191. The van der Waals surface area contributed by atoms with Gasteiger partial charge in [-0.05, 0) is 12.7 Å². The van der Waals surface area contributed by atoms with Crippen LogP contribution >= 0.6 is 11.8 Å². The summed E-state index contributed by atoms with van der Waals surface area (Å²) in [6, 6.07) is 0. The van der Waals surface area contributed by atoms with Gasteiger partial charge in [-0.15, -0.1) is 16.9 Å². The van der Waals surface area contributed by atoms with Gasteiger partial charge in [-0.3, -0.25) is 0 Å². The molecule has 0 atom stereocenters. The van der Waals surface area contributed by atoms with Crippen LogP contribution in [-0.4, -0.2) is 21.4 Å². The topological polar surface area (TPSA) is 38.7 Å². The number of rotatable bonds is 2. The van der Waals surface area contributed by atoms with Crippen molar-refractivity contribution in [1.82, 2.24) is 15.2 Å². The molecule has 1 aromatic heterocycles. The van der Waals surface area contributed by atoms with E-state index in [2.05, 4.69) is 15.2 Å². The van der Waals surface area contributed by atoms with Crippen molar-refractivity contribution >= 4 is 11.8 Å². The van der Waals surface area contributed by atoms with E-state index in [0.717, 1.165) is 17.1 Å². The lowest BCUT2D eigenvalue weighted by Gasteiger charge is -1.97. The van der Waals surface area contributed by atoms with Gasteiger partial charge in [0, 0.05) is 0 Å². The standard InChI is InChI=1S/C6H9N3S/c1-3-5-6(10-2)7-4-8-9-5/h4H,3H2,1-2H3. The summed E-state index contributed by atoms with van der Waals surface area (Å²) in [6.07, 6.45) is 4.37. The smallest absolute Gasteiger partial charge is 0.139 e. The number of hydrogen-bond donors (Lipinski definition) is 0. The first kappa shape index (κ1) is 7.47. The molecule has 0 fully saturated rings. The quantitative estimate of drug-likeness (QED) is 0.601. The van der Waals surface area contributed by atoms with E-state index in [1.165, 1.54) is 6.33 Å². The van der Waals surface area contributed by atoms with Crippen molar-refractivity contribution < 1.29 is 0 Å². The molecule has 0 unspecified atom stereocenters. The summed E-state index contributed by atoms with van der Waals surface area (Å²) in [7, 11) is 0. The molecule has 0 amide bonds. The molecule has 54 valence electrons. The fourth-order valence-electron chi connectivity index (χ4n) is 0.684. The third kappa shape index (κ3) is 1.44. The molecule has 0 radical (unpaired) electrons. The maximum Gasteiger partial charge on any atom is 0.139 e. The second-order valence-electron chi connectivity index (χ2n) is 1.77. The van der Waals surface area contributed by atoms with Gasteiger partial charge in [0.05, 0.1) is 5.69 Å². The molecule has 3 nitrogen and oxygen atoms in total. The van der Waals surface area contributed by atoms with Crippen LogP contribution in [0.25, 0.3) is 0 Å². The minimum atomic E-state index is 0.900. The fourth-order valence-corrected chi connectivity index (χ4v) is 1.26. The third-order valence-corrected chi connectivity index (χ3v) is 1.91. The van der Waals surface area contributed by atoms with Crippen LogP contribution < -0.4 is 0 Å². The summed E-state index contributed by atoms with van der Waals surface area (Å²) in [5, 5.41) is 8.61. The predicted octanol–water partition coefficient (Wildman–Crippen LogP) is 1.16. The molecule has 0 spiro atoms. The molecule has 10 heavy (non-hydrogen) atoms. The van der Waals surface area contributed by atoms with Gasteiger partial charge in [0.25, 0.3) is 0 Å². The molecule has 0 aromatic carbocycles. The Hall–Kier alpha value is -0.640. The summed E-state index contributed by atoms with van der Waals surface area (Å²) in [5.41, 5.74) is 0.981. The predicted molar refractivity (Wildman–Crippen MR) is 41.0 cm³/mol. The summed E-state index contributed by atoms with van der Waals surface area (Å²) < 4.78 is 0. The lowest BCUT2D eigenvalue weighted by atomic mass is 10.4. The van der Waals surface area contributed by atoms with Gasteiger partial charge in [-0.1, -0.05) is 6.92 Å². The highest BCUT2D eigenvalue weighted by molar-refractivity contribution is 7.98. The number of nitrogens with zero attached hydrogens (tertiary/aromatic N) is 3. The van der Waals surface area contributed by atoms with Crippen LogP contribution in [0, 0.1) is 0 Å². The minimum Gasteiger partial charge on any atom is -0.226 e. The Balaban J connectivity index is 2.96. The number of hydrogen-bond acceptors (Lipinski definition) is 4. The summed E-state index contributed by atoms with van der Waals surface area (Å²) in [6.45, 7) is 2.05. The van der Waals surface area contributed by atoms with Crippen LogP contribution in [0.2, 0.25) is 0 Å². The number of aromatic nitrogens is 3. The van der Waals surface area contributed by atoms with E-state index in [0.29, 0.717) is 0 Å². The first-order valence-electron chi connectivity index (χ1n) is 3.09. The highest BCUT2D eigenvalue weighted by Gasteiger charge is 1.99. The van der Waals surface area contributed by atoms with E-state index in [4.69, 9.17) is 0 Å². The van der Waals surface area contributed by atoms with E-state index < -0.39 is 0 Å². The zero-order chi connectivity index (χ0) is 7.40. The molecule has 0 aliphatic carbocycles. The average molecular weight is 155 g/mol. The maximum atomic E-state index is 4.06. The van der Waals surface area contributed by atoms with Crippen molar-refractivity contribution in [3.8, 4) is 0 Å². The van der Waals surface area contributed by atoms with Crippen molar-refractivity contribution in [2.45, 2.75) is 18.4 Å². The Kier molecular flexibility index (Phi) is 2.62. The van der Waals surface area contributed by atoms with Gasteiger partial charge in [-0.25, -0.2) is 4.98 Å². The minimum absolute atomic E-state index is 0.900. The van der Waals surface area contributed by atoms with Gasteiger partial charge in [-0.2, -0.15) is 5.10 Å². The van der Waals surface area contributed by atoms with Gasteiger partial charge in [0.1, 0.15) is 11.4 Å². The molecule has 0 aliphatic rings. The lowest BCUT2D eigenvalue weighted by Crippen LogP contribution is -1.95. The van der Waals surface area contributed by atoms with Crippen molar-refractivity contribution in [2.24, 2.45) is 0 Å². The molecule has 0 saturated heterocycles. The molecule has 1 heterocycles. The van der Waals surface area contributed by atoms with Crippen molar-refractivity contribution in [1.29, 1.82) is 0 Å². The van der Waals surface area contributed by atoms with E-state index in [1.54, 1.807) is 11.8 Å². The maximum absolute atomic E-state index is 4.06. The van der Waals surface area contributed by atoms with E-state index in [-0.39, 0.29) is 0 Å². The van der Waals surface area contributed by atoms with Crippen LogP contribution in [0.3, 0.4) is 0 Å². The molecule has 0 aliphatic heterocycles. The first-order valence-corrected chi connectivity index (χ1v) is 4.31. The van der Waals surface area contributed by atoms with Crippen LogP contribution in [0.5, 0.6) is 0 Å². The summed E-state index contributed by atoms with van der Waals surface area (Å²) in [4.78, 5) is 4.06. The Labute approximate surface area is 64.3 Å². The van der Waals surface area contributed by atoms with Crippen molar-refractivity contribution in [2.75, 3.05) is 6.26 Å². The first-order chi connectivity index (χ1) is 4.88. The summed E-state index contributed by atoms with van der Waals surface area (Å²) in [5.74, 6) is 0. The molecule has 4 heteroatoms. The molecular weight excluding hydrogens is 146 g/mol. The van der Waals surface area contributed by atoms with E-state index >= 15 is 0 Å². The van der Waals surface area contributed by atoms with Gasteiger partial charge < -0.3 is 0 Å². The Morgan fingerprint density at radius 1 is 1.60 bits per heavy atom. The zero-order valence-corrected chi connectivity index (χ0v) is 6.85. The number of thioether (sulfide) groups is 1. The molecule has 0 bridgehead atoms. The zero-order valence-electron chi connectivity index (χ0n) is 6.03. The van der Waals surface area contributed by atoms with E-state index in [1.807, 2.05) is 13.2 Å². The third-order valence-electron chi connectivity index (χ3n) is 1.18. The molecule has 1 rings (SSSR count). The monoisotopic (exact) mass is 155 g/mol. The van der Waals surface area contributed by atoms with Gasteiger partial charge in [0.2, 0.25) is 0 Å². The molecule has 0 N–H and O–H groups in total. The fraction of sp³-hybridized carbons (Fsp3) is 0.500. The second kappa shape index (κ2) is 3.51. The van der Waals surface area contributed by atoms with Crippen molar-refractivity contribution in [3.63, 3.8) is 0 Å². The average Bonchev–Trinajstić information content (AvgIpc) is 2.04. The van der Waals surface area contributed by atoms with Gasteiger partial charge >= 0.3 is 0 Å².